The molecule has 3 rings (SSSR count). The lowest BCUT2D eigenvalue weighted by Gasteiger charge is -2.23. The summed E-state index contributed by atoms with van der Waals surface area (Å²) in [6, 6.07) is 12.2. The van der Waals surface area contributed by atoms with E-state index in [1.165, 1.54) is 11.1 Å². The molecule has 0 bridgehead atoms. The van der Waals surface area contributed by atoms with Crippen molar-refractivity contribution in [2.24, 2.45) is 9.98 Å². The lowest BCUT2D eigenvalue weighted by atomic mass is 9.91. The molecule has 0 saturated heterocycles. The molecule has 2 aromatic carbocycles. The number of nitrogens with zero attached hydrogens (tertiary/aromatic N) is 2. The summed E-state index contributed by atoms with van der Waals surface area (Å²) in [7, 11) is 0. The van der Waals surface area contributed by atoms with Gasteiger partial charge in [-0.2, -0.15) is 0 Å². The molecule has 1 aliphatic rings. The maximum Gasteiger partial charge on any atom is 0.124 e. The lowest BCUT2D eigenvalue weighted by Crippen LogP contribution is -2.20. The molecule has 0 aliphatic heterocycles. The second-order valence-corrected chi connectivity index (χ2v) is 9.27. The second-order valence-electron chi connectivity index (χ2n) is 9.27. The summed E-state index contributed by atoms with van der Waals surface area (Å²) in [6.45, 7) is 8.76. The van der Waals surface area contributed by atoms with E-state index in [2.05, 4.69) is 39.8 Å². The third-order valence-electron chi connectivity index (χ3n) is 6.98. The Hall–Kier alpha value is -2.62. The van der Waals surface area contributed by atoms with Crippen LogP contribution in [0.25, 0.3) is 0 Å². The van der Waals surface area contributed by atoms with E-state index in [-0.39, 0.29) is 12.1 Å². The molecule has 2 aromatic rings. The molecular weight excluding hydrogens is 396 g/mol. The number of hydrogen-bond donors (Lipinski definition) is 2. The highest BCUT2D eigenvalue weighted by molar-refractivity contribution is 5.84. The largest absolute Gasteiger partial charge is 0.507 e. The summed E-state index contributed by atoms with van der Waals surface area (Å²) in [5.41, 5.74) is 4.09. The van der Waals surface area contributed by atoms with E-state index in [4.69, 9.17) is 9.98 Å². The summed E-state index contributed by atoms with van der Waals surface area (Å²) >= 11 is 0. The molecule has 1 aliphatic carbocycles. The van der Waals surface area contributed by atoms with Crippen molar-refractivity contribution in [2.75, 3.05) is 0 Å². The number of rotatable bonds is 8. The smallest absolute Gasteiger partial charge is 0.124 e. The van der Waals surface area contributed by atoms with Crippen LogP contribution in [-0.2, 0) is 0 Å². The predicted molar refractivity (Wildman–Crippen MR) is 135 cm³/mol. The summed E-state index contributed by atoms with van der Waals surface area (Å²) in [5, 5.41) is 20.4. The first-order valence-corrected chi connectivity index (χ1v) is 12.1. The van der Waals surface area contributed by atoms with Crippen LogP contribution < -0.4 is 0 Å². The molecule has 4 nitrogen and oxygen atoms in total. The van der Waals surface area contributed by atoms with Crippen LogP contribution in [0.5, 0.6) is 11.5 Å². The fourth-order valence-corrected chi connectivity index (χ4v) is 4.17. The standard InChI is InChI=1S/C28H38N2O2/c1-5-19(3)21-7-13-27(31)23(15-21)17-29-25-9-11-26(12-10-25)30-18-24-16-22(20(4)6-2)8-14-28(24)32/h7-8,13-20,25-26,31-32H,5-6,9-12H2,1-4H3. The van der Waals surface area contributed by atoms with E-state index < -0.39 is 0 Å². The highest BCUT2D eigenvalue weighted by Gasteiger charge is 2.19. The van der Waals surface area contributed by atoms with Gasteiger partial charge in [-0.15, -0.1) is 0 Å². The molecule has 1 saturated carbocycles. The Bertz CT molecular complexity index is 865. The van der Waals surface area contributed by atoms with Crippen LogP contribution in [0.4, 0.5) is 0 Å². The highest BCUT2D eigenvalue weighted by Crippen LogP contribution is 2.28. The molecule has 2 unspecified atom stereocenters. The second kappa shape index (κ2) is 11.3. The minimum absolute atomic E-state index is 0.273. The lowest BCUT2D eigenvalue weighted by molar-refractivity contribution is 0.399. The van der Waals surface area contributed by atoms with Crippen LogP contribution in [0.3, 0.4) is 0 Å². The van der Waals surface area contributed by atoms with Gasteiger partial charge in [0.25, 0.3) is 0 Å². The number of phenolic OH excluding ortho intramolecular Hbond substituents is 2. The molecule has 32 heavy (non-hydrogen) atoms. The van der Waals surface area contributed by atoms with Gasteiger partial charge >= 0.3 is 0 Å². The van der Waals surface area contributed by atoms with Crippen molar-refractivity contribution in [1.29, 1.82) is 0 Å². The maximum absolute atomic E-state index is 10.2. The molecule has 1 fully saturated rings. The average Bonchev–Trinajstić information content (AvgIpc) is 2.82. The Balaban J connectivity index is 1.58. The summed E-state index contributed by atoms with van der Waals surface area (Å²) in [6.07, 6.45) is 9.79. The van der Waals surface area contributed by atoms with Gasteiger partial charge in [-0.3, -0.25) is 9.98 Å². The Morgan fingerprint density at radius 2 is 1.12 bits per heavy atom. The van der Waals surface area contributed by atoms with Crippen molar-refractivity contribution in [1.82, 2.24) is 0 Å². The SMILES string of the molecule is CCC(C)c1ccc(O)c(C=NC2CCC(N=Cc3cc(C(C)CC)ccc3O)CC2)c1. The molecule has 0 radical (unpaired) electrons. The van der Waals surface area contributed by atoms with Crippen LogP contribution in [0.2, 0.25) is 0 Å². The van der Waals surface area contributed by atoms with Gasteiger partial charge in [0.15, 0.2) is 0 Å². The van der Waals surface area contributed by atoms with Crippen LogP contribution in [-0.4, -0.2) is 34.7 Å². The van der Waals surface area contributed by atoms with E-state index in [1.807, 2.05) is 24.6 Å². The molecular formula is C28H38N2O2. The molecule has 4 heteroatoms. The first kappa shape index (κ1) is 24.0. The fraction of sp³-hybridized carbons (Fsp3) is 0.500. The minimum atomic E-state index is 0.273. The van der Waals surface area contributed by atoms with E-state index in [9.17, 15) is 10.2 Å². The average molecular weight is 435 g/mol. The number of hydrogen-bond acceptors (Lipinski definition) is 4. The fourth-order valence-electron chi connectivity index (χ4n) is 4.17. The van der Waals surface area contributed by atoms with Crippen LogP contribution in [0.1, 0.15) is 100 Å². The molecule has 0 amide bonds. The molecule has 0 spiro atoms. The van der Waals surface area contributed by atoms with Crippen LogP contribution in [0.15, 0.2) is 46.4 Å². The Labute approximate surface area is 193 Å². The zero-order valence-corrected chi connectivity index (χ0v) is 20.0. The van der Waals surface area contributed by atoms with E-state index in [1.54, 1.807) is 12.1 Å². The number of aromatic hydroxyl groups is 2. The quantitative estimate of drug-likeness (QED) is 0.440. The number of phenols is 2. The minimum Gasteiger partial charge on any atom is -0.507 e. The van der Waals surface area contributed by atoms with E-state index in [0.717, 1.165) is 49.7 Å². The summed E-state index contributed by atoms with van der Waals surface area (Å²) < 4.78 is 0. The van der Waals surface area contributed by atoms with Gasteiger partial charge in [0.1, 0.15) is 11.5 Å². The van der Waals surface area contributed by atoms with Crippen LogP contribution in [0, 0.1) is 0 Å². The Morgan fingerprint density at radius 1 is 0.750 bits per heavy atom. The summed E-state index contributed by atoms with van der Waals surface area (Å²) in [4.78, 5) is 9.54. The van der Waals surface area contributed by atoms with Gasteiger partial charge in [-0.1, -0.05) is 39.8 Å². The zero-order valence-electron chi connectivity index (χ0n) is 20.0. The van der Waals surface area contributed by atoms with Crippen molar-refractivity contribution in [3.63, 3.8) is 0 Å². The Morgan fingerprint density at radius 3 is 1.47 bits per heavy atom. The first-order chi connectivity index (χ1) is 15.4. The van der Waals surface area contributed by atoms with Gasteiger partial charge in [-0.05, 0) is 85.8 Å². The number of aliphatic imine (C=N–C) groups is 2. The zero-order chi connectivity index (χ0) is 23.1. The molecule has 2 atom stereocenters. The maximum atomic E-state index is 10.2. The summed E-state index contributed by atoms with van der Waals surface area (Å²) in [5.74, 6) is 1.53. The molecule has 172 valence electrons. The Kier molecular flexibility index (Phi) is 8.49. The van der Waals surface area contributed by atoms with Crippen molar-refractivity contribution < 1.29 is 10.2 Å². The van der Waals surface area contributed by atoms with Gasteiger partial charge in [0, 0.05) is 23.6 Å². The third kappa shape index (κ3) is 6.21. The third-order valence-corrected chi connectivity index (χ3v) is 6.98. The predicted octanol–water partition coefficient (Wildman–Crippen LogP) is 6.97. The van der Waals surface area contributed by atoms with Crippen molar-refractivity contribution >= 4 is 12.4 Å². The van der Waals surface area contributed by atoms with Gasteiger partial charge in [0.05, 0.1) is 12.1 Å². The van der Waals surface area contributed by atoms with Gasteiger partial charge in [0.2, 0.25) is 0 Å². The highest BCUT2D eigenvalue weighted by atomic mass is 16.3. The van der Waals surface area contributed by atoms with Crippen LogP contribution >= 0.6 is 0 Å². The molecule has 2 N–H and O–H groups in total. The van der Waals surface area contributed by atoms with E-state index >= 15 is 0 Å². The van der Waals surface area contributed by atoms with Crippen molar-refractivity contribution in [2.45, 2.75) is 90.1 Å². The normalized spacial score (nSPS) is 21.2. The molecule has 0 heterocycles. The van der Waals surface area contributed by atoms with Crippen molar-refractivity contribution in [3.8, 4) is 11.5 Å². The van der Waals surface area contributed by atoms with E-state index in [0.29, 0.717) is 23.3 Å². The number of benzene rings is 2. The first-order valence-electron chi connectivity index (χ1n) is 12.1. The topological polar surface area (TPSA) is 65.2 Å². The van der Waals surface area contributed by atoms with Crippen molar-refractivity contribution in [3.05, 3.63) is 58.7 Å². The van der Waals surface area contributed by atoms with Gasteiger partial charge < -0.3 is 10.2 Å². The van der Waals surface area contributed by atoms with Gasteiger partial charge in [-0.25, -0.2) is 0 Å². The molecule has 0 aromatic heterocycles. The monoisotopic (exact) mass is 434 g/mol.